The van der Waals surface area contributed by atoms with Crippen molar-refractivity contribution in [1.82, 2.24) is 14.1 Å². The van der Waals surface area contributed by atoms with Crippen molar-refractivity contribution in [2.45, 2.75) is 202 Å². The smallest absolute Gasteiger partial charge is 0.268 e. The maximum absolute atomic E-state index is 10.7. The summed E-state index contributed by atoms with van der Waals surface area (Å²) >= 11 is 0. The average Bonchev–Trinajstić information content (AvgIpc) is 1.49. The number of imidazole rings is 1. The standard InChI is InChI=1S/C85H94N4O.Pt/c1-78(2,3)57-36-37-86-76(48-57)89-72-29-24-23-28-66(72)67-33-32-65(50-74(67)89)90-64-27-25-26-63(49-64)87-52-88(73-35-31-53(43-75(73)87)55-38-58(79(4,5)6)44-59(39-55)80(7,8)9)77-68(54-30-34-70-71(42-54)85(21,22)51-84(70,19)20)46-62(83(16,17)18)47-69(77)56-40-60(81(10,11)12)45-61(41-56)82(13,14)15;/h23-48H,51H2,1-22H3;/q-2;/i19D3,20D3,21D3,22D3,30D,34D,42D;. The van der Waals surface area contributed by atoms with Gasteiger partial charge in [-0.3, -0.25) is 4.57 Å². The normalized spacial score (nSPS) is 17.5. The van der Waals surface area contributed by atoms with Crippen LogP contribution in [0.3, 0.4) is 0 Å². The number of nitrogens with zero attached hydrogens (tertiary/aromatic N) is 4. The van der Waals surface area contributed by atoms with Gasteiger partial charge >= 0.3 is 0 Å². The quantitative estimate of drug-likeness (QED) is 0.112. The molecule has 0 bridgehead atoms. The monoisotopic (exact) mass is 1400 g/mol. The Kier molecular flexibility index (Phi) is 12.0. The maximum Gasteiger partial charge on any atom is 0.268 e. The van der Waals surface area contributed by atoms with E-state index >= 15 is 0 Å². The third kappa shape index (κ3) is 12.4. The molecule has 1 aliphatic carbocycles. The Morgan fingerprint density at radius 3 is 1.66 bits per heavy atom. The van der Waals surface area contributed by atoms with E-state index in [4.69, 9.17) is 17.9 Å². The summed E-state index contributed by atoms with van der Waals surface area (Å²) in [6, 6.07) is 49.3. The molecule has 472 valence electrons. The predicted octanol–water partition coefficient (Wildman–Crippen LogP) is 22.3. The SMILES string of the molecule is [2H]c1c([2H])c2c(c([2H])c1-c1cc(C(C)(C)C)cc(-c3cc(C(C)(C)C)cc(C(C)(C)C)c3)c1-[n+]1[c-]n(-c3[c-]c(Oc4[c-]c5c(cc4)c4ccccc4n5-c4cc(C(C)(C)C)ccn4)ccc3)c3cc(-c4cc(C(C)(C)C)cc(C(C)(C)C)c4)ccc31)C(C([2H])([2H])[2H])(C([2H])([2H])[2H])CC2(C([2H])([2H])[2H])C([2H])([2H])[2H].[Pt]. The van der Waals surface area contributed by atoms with Gasteiger partial charge in [-0.05, 0) is 163 Å². The molecule has 8 aromatic carbocycles. The second kappa shape index (κ2) is 22.5. The molecule has 0 unspecified atom stereocenters. The van der Waals surface area contributed by atoms with Crippen LogP contribution in [0.15, 0.2) is 158 Å². The number of aromatic nitrogens is 4. The zero-order valence-corrected chi connectivity index (χ0v) is 58.3. The van der Waals surface area contributed by atoms with Crippen molar-refractivity contribution in [3.63, 3.8) is 0 Å². The van der Waals surface area contributed by atoms with E-state index in [2.05, 4.69) is 188 Å². The van der Waals surface area contributed by atoms with Gasteiger partial charge in [-0.25, -0.2) is 4.98 Å². The minimum atomic E-state index is -3.71. The number of ether oxygens (including phenoxy) is 1. The molecule has 0 spiro atoms. The third-order valence-corrected chi connectivity index (χ3v) is 17.9. The van der Waals surface area contributed by atoms with Gasteiger partial charge in [0.15, 0.2) is 0 Å². The molecule has 3 heterocycles. The largest absolute Gasteiger partial charge is 0.510 e. The van der Waals surface area contributed by atoms with Crippen LogP contribution in [-0.4, -0.2) is 14.1 Å². The van der Waals surface area contributed by atoms with Gasteiger partial charge < -0.3 is 13.9 Å². The molecule has 0 radical (unpaired) electrons. The molecule has 11 aromatic rings. The van der Waals surface area contributed by atoms with Crippen molar-refractivity contribution < 1.29 is 50.9 Å². The van der Waals surface area contributed by atoms with Gasteiger partial charge in [0, 0.05) is 60.7 Å². The zero-order chi connectivity index (χ0) is 77.4. The van der Waals surface area contributed by atoms with E-state index in [0.29, 0.717) is 44.9 Å². The Labute approximate surface area is 579 Å². The van der Waals surface area contributed by atoms with Crippen LogP contribution in [0.2, 0.25) is 0 Å². The molecule has 6 heteroatoms. The van der Waals surface area contributed by atoms with E-state index in [1.165, 1.54) is 0 Å². The van der Waals surface area contributed by atoms with Crippen LogP contribution in [-0.2, 0) is 64.4 Å². The van der Waals surface area contributed by atoms with Crippen LogP contribution in [0.25, 0.3) is 83.4 Å². The topological polar surface area (TPSA) is 35.9 Å². The van der Waals surface area contributed by atoms with Crippen molar-refractivity contribution in [1.29, 1.82) is 0 Å². The van der Waals surface area contributed by atoms with Crippen molar-refractivity contribution in [3.8, 4) is 62.1 Å². The molecule has 0 saturated carbocycles. The zero-order valence-electron chi connectivity index (χ0n) is 71.0. The summed E-state index contributed by atoms with van der Waals surface area (Å²) in [6.45, 7) is 23.6. The van der Waals surface area contributed by atoms with Crippen LogP contribution in [0.5, 0.6) is 11.5 Å². The summed E-state index contributed by atoms with van der Waals surface area (Å²) in [7, 11) is 0. The molecule has 3 aromatic heterocycles. The number of hydrogen-bond acceptors (Lipinski definition) is 2. The summed E-state index contributed by atoms with van der Waals surface area (Å²) in [5.41, 5.74) is 1.33. The molecule has 0 fully saturated rings. The fourth-order valence-electron chi connectivity index (χ4n) is 12.3. The number of hydrogen-bond donors (Lipinski definition) is 0. The summed E-state index contributed by atoms with van der Waals surface area (Å²) < 4.78 is 154. The number of pyridine rings is 1. The van der Waals surface area contributed by atoms with Gasteiger partial charge in [-0.2, -0.15) is 18.2 Å². The Morgan fingerprint density at radius 2 is 1.05 bits per heavy atom. The van der Waals surface area contributed by atoms with Gasteiger partial charge in [-0.15, -0.1) is 29.7 Å². The average molecular weight is 1400 g/mol. The van der Waals surface area contributed by atoms with E-state index < -0.39 is 95.7 Å². The second-order valence-electron chi connectivity index (χ2n) is 31.3. The van der Waals surface area contributed by atoms with Crippen molar-refractivity contribution in [2.24, 2.45) is 0 Å². The first-order valence-electron chi connectivity index (χ1n) is 38.9. The molecule has 0 atom stereocenters. The summed E-state index contributed by atoms with van der Waals surface area (Å²) in [5.74, 6) is 1.45. The van der Waals surface area contributed by atoms with Crippen molar-refractivity contribution in [3.05, 3.63) is 221 Å². The first-order chi connectivity index (χ1) is 48.1. The fourth-order valence-corrected chi connectivity index (χ4v) is 12.3. The first-order valence-corrected chi connectivity index (χ1v) is 31.4. The Bertz CT molecular complexity index is 5220. The summed E-state index contributed by atoms with van der Waals surface area (Å²) in [5, 5.41) is 1.97. The van der Waals surface area contributed by atoms with Crippen LogP contribution in [0.1, 0.15) is 224 Å². The summed E-state index contributed by atoms with van der Waals surface area (Å²) in [4.78, 5) is 4.90. The van der Waals surface area contributed by atoms with Crippen LogP contribution in [0, 0.1) is 18.5 Å². The molecular weight excluding hydrogens is 1290 g/mol. The van der Waals surface area contributed by atoms with E-state index in [0.717, 1.165) is 66.6 Å². The van der Waals surface area contributed by atoms with Gasteiger partial charge in [0.05, 0.1) is 20.8 Å². The van der Waals surface area contributed by atoms with Gasteiger partial charge in [0.1, 0.15) is 5.82 Å². The van der Waals surface area contributed by atoms with E-state index in [1.54, 1.807) is 6.07 Å². The maximum atomic E-state index is 10.7. The molecular formula is C85H94N4OPt-2. The molecule has 1 aliphatic rings. The molecule has 0 amide bonds. The third-order valence-electron chi connectivity index (χ3n) is 17.9. The molecule has 0 N–H and O–H groups in total. The Morgan fingerprint density at radius 1 is 0.495 bits per heavy atom. The molecule has 0 aliphatic heterocycles. The van der Waals surface area contributed by atoms with E-state index in [9.17, 15) is 12.3 Å². The van der Waals surface area contributed by atoms with Crippen LogP contribution in [0.4, 0.5) is 0 Å². The van der Waals surface area contributed by atoms with E-state index in [1.807, 2.05) is 103 Å². The second-order valence-corrected chi connectivity index (χ2v) is 31.3. The Balaban J connectivity index is 0.0000112. The molecule has 0 saturated heterocycles. The van der Waals surface area contributed by atoms with Crippen LogP contribution >= 0.6 is 0 Å². The van der Waals surface area contributed by atoms with Gasteiger partial charge in [0.25, 0.3) is 6.33 Å². The van der Waals surface area contributed by atoms with Gasteiger partial charge in [-0.1, -0.05) is 255 Å². The number of rotatable bonds is 8. The molecule has 12 rings (SSSR count). The minimum absolute atomic E-state index is 0. The van der Waals surface area contributed by atoms with E-state index in [-0.39, 0.29) is 48.6 Å². The van der Waals surface area contributed by atoms with Crippen molar-refractivity contribution >= 4 is 32.8 Å². The number of benzene rings is 8. The Hall–Kier alpha value is -7.33. The predicted molar refractivity (Wildman–Crippen MR) is 379 cm³/mol. The van der Waals surface area contributed by atoms with Gasteiger partial charge in [0.2, 0.25) is 0 Å². The van der Waals surface area contributed by atoms with Crippen molar-refractivity contribution in [2.75, 3.05) is 0 Å². The minimum Gasteiger partial charge on any atom is -0.510 e. The number of fused-ring (bicyclic) bond motifs is 5. The summed E-state index contributed by atoms with van der Waals surface area (Å²) in [6.07, 6.45) is 4.07. The molecule has 91 heavy (non-hydrogen) atoms. The first kappa shape index (κ1) is 48.4. The molecule has 5 nitrogen and oxygen atoms in total. The fraction of sp³-hybridized carbons (Fsp3) is 0.365. The number of para-hydroxylation sites is 1. The van der Waals surface area contributed by atoms with Crippen LogP contribution < -0.4 is 9.30 Å².